The molecule has 0 unspecified atom stereocenters. The lowest BCUT2D eigenvalue weighted by atomic mass is 10.0. The summed E-state index contributed by atoms with van der Waals surface area (Å²) in [4.78, 5) is 12.3. The third kappa shape index (κ3) is 3.72. The molecule has 0 bridgehead atoms. The van der Waals surface area contributed by atoms with E-state index in [0.29, 0.717) is 6.42 Å². The van der Waals surface area contributed by atoms with E-state index in [1.54, 1.807) is 0 Å². The number of hydrogen-bond donors (Lipinski definition) is 1. The van der Waals surface area contributed by atoms with E-state index < -0.39 is 0 Å². The lowest BCUT2D eigenvalue weighted by Gasteiger charge is -2.13. The summed E-state index contributed by atoms with van der Waals surface area (Å²) < 4.78 is 0. The quantitative estimate of drug-likeness (QED) is 0.887. The highest BCUT2D eigenvalue weighted by atomic mass is 16.1. The van der Waals surface area contributed by atoms with Gasteiger partial charge in [-0.2, -0.15) is 0 Å². The van der Waals surface area contributed by atoms with Gasteiger partial charge in [-0.05, 0) is 62.4 Å². The Balaban J connectivity index is 2.13. The van der Waals surface area contributed by atoms with Crippen molar-refractivity contribution in [2.45, 2.75) is 41.0 Å². The van der Waals surface area contributed by atoms with E-state index in [9.17, 15) is 4.79 Å². The number of rotatable bonds is 3. The van der Waals surface area contributed by atoms with Crippen LogP contribution in [-0.2, 0) is 11.2 Å². The summed E-state index contributed by atoms with van der Waals surface area (Å²) in [6, 6.07) is 10.4. The van der Waals surface area contributed by atoms with Gasteiger partial charge in [0.05, 0.1) is 6.42 Å². The Kier molecular flexibility index (Phi) is 4.46. The number of anilines is 1. The molecule has 2 heteroatoms. The Hall–Kier alpha value is -2.09. The van der Waals surface area contributed by atoms with Crippen molar-refractivity contribution < 1.29 is 4.79 Å². The van der Waals surface area contributed by atoms with Crippen molar-refractivity contribution in [1.82, 2.24) is 0 Å². The van der Waals surface area contributed by atoms with Crippen LogP contribution in [0.5, 0.6) is 0 Å². The first-order valence-electron chi connectivity index (χ1n) is 7.30. The Morgan fingerprint density at radius 1 is 0.857 bits per heavy atom. The molecule has 1 N–H and O–H groups in total. The molecule has 0 fully saturated rings. The van der Waals surface area contributed by atoms with Crippen molar-refractivity contribution in [2.24, 2.45) is 0 Å². The molecule has 0 radical (unpaired) electrons. The van der Waals surface area contributed by atoms with Crippen LogP contribution in [0, 0.1) is 34.6 Å². The molecule has 0 saturated carbocycles. The molecule has 0 aliphatic rings. The second kappa shape index (κ2) is 6.13. The van der Waals surface area contributed by atoms with Crippen molar-refractivity contribution in [3.8, 4) is 0 Å². The van der Waals surface area contributed by atoms with E-state index >= 15 is 0 Å². The monoisotopic (exact) mass is 281 g/mol. The van der Waals surface area contributed by atoms with Crippen molar-refractivity contribution in [1.29, 1.82) is 0 Å². The normalized spacial score (nSPS) is 10.5. The summed E-state index contributed by atoms with van der Waals surface area (Å²) >= 11 is 0. The predicted octanol–water partition coefficient (Wildman–Crippen LogP) is 4.41. The molecule has 21 heavy (non-hydrogen) atoms. The Labute approximate surface area is 127 Å². The molecule has 0 aromatic heterocycles. The highest BCUT2D eigenvalue weighted by Gasteiger charge is 2.09. The third-order valence-corrected chi connectivity index (χ3v) is 3.88. The van der Waals surface area contributed by atoms with E-state index in [1.165, 1.54) is 16.7 Å². The zero-order valence-corrected chi connectivity index (χ0v) is 13.5. The molecule has 0 spiro atoms. The molecule has 2 nitrogen and oxygen atoms in total. The van der Waals surface area contributed by atoms with Crippen LogP contribution < -0.4 is 5.32 Å². The lowest BCUT2D eigenvalue weighted by molar-refractivity contribution is -0.115. The van der Waals surface area contributed by atoms with Crippen LogP contribution in [0.15, 0.2) is 30.3 Å². The number of carbonyl (C=O) groups excluding carboxylic acids is 1. The summed E-state index contributed by atoms with van der Waals surface area (Å²) in [6.45, 7) is 10.3. The van der Waals surface area contributed by atoms with Crippen molar-refractivity contribution >= 4 is 11.6 Å². The van der Waals surface area contributed by atoms with Gasteiger partial charge in [-0.3, -0.25) is 4.79 Å². The lowest BCUT2D eigenvalue weighted by Crippen LogP contribution is -2.16. The minimum Gasteiger partial charge on any atom is -0.325 e. The molecule has 110 valence electrons. The van der Waals surface area contributed by atoms with Crippen LogP contribution in [0.1, 0.15) is 33.4 Å². The first-order chi connectivity index (χ1) is 9.86. The third-order valence-electron chi connectivity index (χ3n) is 3.88. The molecule has 1 amide bonds. The topological polar surface area (TPSA) is 29.1 Å². The highest BCUT2D eigenvalue weighted by molar-refractivity contribution is 5.93. The Morgan fingerprint density at radius 3 is 2.05 bits per heavy atom. The maximum Gasteiger partial charge on any atom is 0.228 e. The first kappa shape index (κ1) is 15.3. The minimum atomic E-state index is 0.0355. The molecular weight excluding hydrogens is 258 g/mol. The zero-order valence-electron chi connectivity index (χ0n) is 13.5. The van der Waals surface area contributed by atoms with Crippen molar-refractivity contribution in [3.63, 3.8) is 0 Å². The van der Waals surface area contributed by atoms with Crippen LogP contribution >= 0.6 is 0 Å². The van der Waals surface area contributed by atoms with Gasteiger partial charge in [0.15, 0.2) is 0 Å². The zero-order chi connectivity index (χ0) is 15.6. The second-order valence-electron chi connectivity index (χ2n) is 5.92. The number of nitrogens with one attached hydrogen (secondary N) is 1. The predicted molar refractivity (Wildman–Crippen MR) is 88.9 cm³/mol. The number of benzene rings is 2. The van der Waals surface area contributed by atoms with Gasteiger partial charge in [-0.1, -0.05) is 35.9 Å². The van der Waals surface area contributed by atoms with Gasteiger partial charge < -0.3 is 5.32 Å². The second-order valence-corrected chi connectivity index (χ2v) is 5.92. The molecule has 2 rings (SSSR count). The first-order valence-corrected chi connectivity index (χ1v) is 7.30. The maximum atomic E-state index is 12.3. The number of aryl methyl sites for hydroxylation is 5. The van der Waals surface area contributed by atoms with Gasteiger partial charge in [-0.15, -0.1) is 0 Å². The van der Waals surface area contributed by atoms with Crippen molar-refractivity contribution in [3.05, 3.63) is 63.7 Å². The molecule has 2 aromatic rings. The molecule has 0 aliphatic heterocycles. The van der Waals surface area contributed by atoms with Crippen LogP contribution in [-0.4, -0.2) is 5.91 Å². The molecule has 0 heterocycles. The highest BCUT2D eigenvalue weighted by Crippen LogP contribution is 2.22. The minimum absolute atomic E-state index is 0.0355. The van der Waals surface area contributed by atoms with Crippen molar-refractivity contribution in [2.75, 3.05) is 5.32 Å². The molecule has 0 aliphatic carbocycles. The fraction of sp³-hybridized carbons (Fsp3) is 0.316. The average Bonchev–Trinajstić information content (AvgIpc) is 2.38. The SMILES string of the molecule is Cc1cc(C)c(NC(=O)Cc2ccc(C)c(C)c2)c(C)c1. The molecule has 2 aromatic carbocycles. The van der Waals surface area contributed by atoms with Gasteiger partial charge in [0.25, 0.3) is 0 Å². The maximum absolute atomic E-state index is 12.3. The fourth-order valence-electron chi connectivity index (χ4n) is 2.66. The number of hydrogen-bond acceptors (Lipinski definition) is 1. The van der Waals surface area contributed by atoms with Crippen LogP contribution in [0.4, 0.5) is 5.69 Å². The van der Waals surface area contributed by atoms with E-state index in [0.717, 1.165) is 22.4 Å². The largest absolute Gasteiger partial charge is 0.325 e. The van der Waals surface area contributed by atoms with Gasteiger partial charge in [-0.25, -0.2) is 0 Å². The van der Waals surface area contributed by atoms with E-state index in [4.69, 9.17) is 0 Å². The van der Waals surface area contributed by atoms with E-state index in [-0.39, 0.29) is 5.91 Å². The molecular formula is C19H23NO. The fourth-order valence-corrected chi connectivity index (χ4v) is 2.66. The summed E-state index contributed by atoms with van der Waals surface area (Å²) in [5, 5.41) is 3.05. The average molecular weight is 281 g/mol. The standard InChI is InChI=1S/C19H23NO/c1-12-8-15(4)19(16(5)9-12)20-18(21)11-17-7-6-13(2)14(3)10-17/h6-10H,11H2,1-5H3,(H,20,21). The number of amides is 1. The van der Waals surface area contributed by atoms with Crippen LogP contribution in [0.25, 0.3) is 0 Å². The van der Waals surface area contributed by atoms with Gasteiger partial charge in [0.1, 0.15) is 0 Å². The van der Waals surface area contributed by atoms with Gasteiger partial charge in [0, 0.05) is 5.69 Å². The summed E-state index contributed by atoms with van der Waals surface area (Å²) in [7, 11) is 0. The molecule has 0 saturated heterocycles. The summed E-state index contributed by atoms with van der Waals surface area (Å²) in [6.07, 6.45) is 0.411. The van der Waals surface area contributed by atoms with Gasteiger partial charge >= 0.3 is 0 Å². The Morgan fingerprint density at radius 2 is 1.48 bits per heavy atom. The number of carbonyl (C=O) groups is 1. The Bertz CT molecular complexity index is 663. The van der Waals surface area contributed by atoms with Gasteiger partial charge in [0.2, 0.25) is 5.91 Å². The van der Waals surface area contributed by atoms with E-state index in [2.05, 4.69) is 50.4 Å². The smallest absolute Gasteiger partial charge is 0.228 e. The summed E-state index contributed by atoms with van der Waals surface area (Å²) in [5.41, 5.74) is 7.92. The van der Waals surface area contributed by atoms with Crippen LogP contribution in [0.2, 0.25) is 0 Å². The van der Waals surface area contributed by atoms with Crippen LogP contribution in [0.3, 0.4) is 0 Å². The summed E-state index contributed by atoms with van der Waals surface area (Å²) in [5.74, 6) is 0.0355. The van der Waals surface area contributed by atoms with E-state index in [1.807, 2.05) is 19.9 Å². The molecule has 0 atom stereocenters.